The summed E-state index contributed by atoms with van der Waals surface area (Å²) in [6.07, 6.45) is 6.17. The van der Waals surface area contributed by atoms with Crippen LogP contribution >= 0.6 is 11.6 Å². The molecule has 2 aromatic carbocycles. The third-order valence-corrected chi connectivity index (χ3v) is 8.13. The minimum Gasteiger partial charge on any atom is -0.495 e. The van der Waals surface area contributed by atoms with Crippen molar-refractivity contribution < 1.29 is 22.7 Å². The van der Waals surface area contributed by atoms with E-state index in [0.29, 0.717) is 5.75 Å². The summed E-state index contributed by atoms with van der Waals surface area (Å²) in [7, 11) is -2.38. The lowest BCUT2D eigenvalue weighted by Crippen LogP contribution is -2.52. The van der Waals surface area contributed by atoms with Crippen LogP contribution in [0.15, 0.2) is 42.5 Å². The number of aryl methyl sites for hydroxylation is 1. The highest BCUT2D eigenvalue weighted by atomic mass is 35.5. The van der Waals surface area contributed by atoms with Crippen LogP contribution in [0.4, 0.5) is 5.69 Å². The van der Waals surface area contributed by atoms with Crippen LogP contribution in [-0.4, -0.2) is 57.1 Å². The molecule has 8 nitrogen and oxygen atoms in total. The molecule has 2 aromatic rings. The average molecular weight is 550 g/mol. The molecule has 202 valence electrons. The topological polar surface area (TPSA) is 96.0 Å². The smallest absolute Gasteiger partial charge is 0.244 e. The van der Waals surface area contributed by atoms with Crippen molar-refractivity contribution in [1.29, 1.82) is 0 Å². The van der Waals surface area contributed by atoms with Gasteiger partial charge in [0, 0.05) is 12.6 Å². The number of hydrogen-bond donors (Lipinski definition) is 1. The van der Waals surface area contributed by atoms with E-state index in [2.05, 4.69) is 5.32 Å². The third kappa shape index (κ3) is 7.85. The van der Waals surface area contributed by atoms with Crippen LogP contribution in [0.2, 0.25) is 5.02 Å². The zero-order valence-electron chi connectivity index (χ0n) is 21.9. The molecule has 0 aliphatic heterocycles. The fourth-order valence-corrected chi connectivity index (χ4v) is 5.56. The fraction of sp³-hybridized carbons (Fsp3) is 0.481. The Kier molecular flexibility index (Phi) is 9.84. The van der Waals surface area contributed by atoms with Crippen LogP contribution in [0.3, 0.4) is 0 Å². The molecule has 1 fully saturated rings. The Morgan fingerprint density at radius 1 is 1.11 bits per heavy atom. The molecule has 3 rings (SSSR count). The molecule has 0 unspecified atom stereocenters. The van der Waals surface area contributed by atoms with Gasteiger partial charge in [-0.2, -0.15) is 0 Å². The van der Waals surface area contributed by atoms with Crippen LogP contribution in [0.1, 0.15) is 50.2 Å². The van der Waals surface area contributed by atoms with E-state index in [0.717, 1.165) is 53.8 Å². The summed E-state index contributed by atoms with van der Waals surface area (Å²) in [5, 5.41) is 3.31. The molecule has 2 amide bonds. The molecule has 1 N–H and O–H groups in total. The molecule has 0 heterocycles. The van der Waals surface area contributed by atoms with E-state index in [1.54, 1.807) is 13.0 Å². The molecule has 1 saturated carbocycles. The number of rotatable bonds is 10. The highest BCUT2D eigenvalue weighted by Crippen LogP contribution is 2.30. The van der Waals surface area contributed by atoms with Crippen LogP contribution in [-0.2, 0) is 26.2 Å². The average Bonchev–Trinajstić information content (AvgIpc) is 2.86. The third-order valence-electron chi connectivity index (χ3n) is 6.69. The lowest BCUT2D eigenvalue weighted by Gasteiger charge is -2.33. The molecule has 0 aromatic heterocycles. The van der Waals surface area contributed by atoms with Crippen molar-refractivity contribution in [2.75, 3.05) is 24.2 Å². The van der Waals surface area contributed by atoms with Crippen LogP contribution < -0.4 is 14.4 Å². The molecule has 1 aliphatic rings. The number of nitrogens with one attached hydrogen (secondary N) is 1. The zero-order chi connectivity index (χ0) is 27.2. The van der Waals surface area contributed by atoms with Gasteiger partial charge in [-0.15, -0.1) is 0 Å². The van der Waals surface area contributed by atoms with Crippen molar-refractivity contribution in [2.24, 2.45) is 0 Å². The number of methoxy groups -OCH3 is 1. The van der Waals surface area contributed by atoms with Gasteiger partial charge in [-0.05, 0) is 50.5 Å². The summed E-state index contributed by atoms with van der Waals surface area (Å²) in [4.78, 5) is 28.3. The van der Waals surface area contributed by atoms with Gasteiger partial charge >= 0.3 is 0 Å². The lowest BCUT2D eigenvalue weighted by molar-refractivity contribution is -0.139. The molecule has 0 spiro atoms. The lowest BCUT2D eigenvalue weighted by atomic mass is 9.95. The van der Waals surface area contributed by atoms with Crippen LogP contribution in [0.5, 0.6) is 5.75 Å². The molecule has 0 saturated heterocycles. The number of benzene rings is 2. The second-order valence-corrected chi connectivity index (χ2v) is 11.9. The van der Waals surface area contributed by atoms with Gasteiger partial charge in [-0.25, -0.2) is 8.42 Å². The van der Waals surface area contributed by atoms with Crippen molar-refractivity contribution in [3.63, 3.8) is 0 Å². The maximum Gasteiger partial charge on any atom is 0.244 e. The largest absolute Gasteiger partial charge is 0.495 e. The summed E-state index contributed by atoms with van der Waals surface area (Å²) in [6.45, 7) is 3.34. The van der Waals surface area contributed by atoms with Gasteiger partial charge in [-0.3, -0.25) is 13.9 Å². The molecule has 1 aliphatic carbocycles. The van der Waals surface area contributed by atoms with Gasteiger partial charge in [0.1, 0.15) is 18.3 Å². The predicted molar refractivity (Wildman–Crippen MR) is 146 cm³/mol. The zero-order valence-corrected chi connectivity index (χ0v) is 23.4. The maximum atomic E-state index is 13.7. The minimum absolute atomic E-state index is 0.0917. The van der Waals surface area contributed by atoms with Gasteiger partial charge in [0.15, 0.2) is 0 Å². The number of anilines is 1. The summed E-state index contributed by atoms with van der Waals surface area (Å²) in [5.41, 5.74) is 2.15. The Hall–Kier alpha value is -2.78. The van der Waals surface area contributed by atoms with Gasteiger partial charge < -0.3 is 15.0 Å². The monoisotopic (exact) mass is 549 g/mol. The summed E-state index contributed by atoms with van der Waals surface area (Å²) < 4.78 is 31.6. The summed E-state index contributed by atoms with van der Waals surface area (Å²) in [6, 6.07) is 11.5. The van der Waals surface area contributed by atoms with Gasteiger partial charge in [0.25, 0.3) is 0 Å². The number of hydrogen-bond acceptors (Lipinski definition) is 5. The van der Waals surface area contributed by atoms with E-state index in [1.165, 1.54) is 24.1 Å². The predicted octanol–water partition coefficient (Wildman–Crippen LogP) is 4.29. The first-order valence-electron chi connectivity index (χ1n) is 12.5. The second-order valence-electron chi connectivity index (χ2n) is 9.62. The maximum absolute atomic E-state index is 13.7. The molecule has 37 heavy (non-hydrogen) atoms. The molecule has 0 radical (unpaired) electrons. The first-order chi connectivity index (χ1) is 17.5. The van der Waals surface area contributed by atoms with E-state index < -0.39 is 28.5 Å². The molecule has 1 atom stereocenters. The van der Waals surface area contributed by atoms with E-state index in [1.807, 2.05) is 31.2 Å². The standard InChI is InChI=1S/C27H36ClN3O5S/c1-19-10-12-21(13-11-19)17-30(20(2)27(33)29-22-8-6-5-7-9-22)26(32)18-31(37(4,34)35)23-14-15-25(36-3)24(28)16-23/h10-16,20,22H,5-9,17-18H2,1-4H3,(H,29,33)/t20-/m0/s1. The molecule has 0 bridgehead atoms. The fourth-order valence-electron chi connectivity index (χ4n) is 4.47. The first-order valence-corrected chi connectivity index (χ1v) is 14.7. The van der Waals surface area contributed by atoms with E-state index in [9.17, 15) is 18.0 Å². The summed E-state index contributed by atoms with van der Waals surface area (Å²) in [5.74, 6) is -0.353. The van der Waals surface area contributed by atoms with Gasteiger partial charge in [0.05, 0.1) is 24.1 Å². The van der Waals surface area contributed by atoms with Crippen molar-refractivity contribution in [3.8, 4) is 5.75 Å². The normalized spacial score (nSPS) is 15.1. The van der Waals surface area contributed by atoms with Crippen molar-refractivity contribution in [1.82, 2.24) is 10.2 Å². The van der Waals surface area contributed by atoms with E-state index >= 15 is 0 Å². The number of ether oxygens (including phenoxy) is 1. The van der Waals surface area contributed by atoms with Crippen LogP contribution in [0.25, 0.3) is 0 Å². The molecular weight excluding hydrogens is 514 g/mol. The number of sulfonamides is 1. The highest BCUT2D eigenvalue weighted by Gasteiger charge is 2.31. The number of amides is 2. The number of nitrogens with zero attached hydrogens (tertiary/aromatic N) is 2. The minimum atomic E-state index is -3.84. The second kappa shape index (κ2) is 12.6. The Morgan fingerprint density at radius 2 is 1.76 bits per heavy atom. The molecule has 10 heteroatoms. The van der Waals surface area contributed by atoms with Gasteiger partial charge in [-0.1, -0.05) is 60.7 Å². The Morgan fingerprint density at radius 3 is 2.32 bits per heavy atom. The Bertz CT molecular complexity index is 1200. The number of carbonyl (C=O) groups excluding carboxylic acids is 2. The quantitative estimate of drug-likeness (QED) is 0.477. The highest BCUT2D eigenvalue weighted by molar-refractivity contribution is 7.92. The van der Waals surface area contributed by atoms with Crippen molar-refractivity contribution in [3.05, 3.63) is 58.6 Å². The van der Waals surface area contributed by atoms with Gasteiger partial charge in [0.2, 0.25) is 21.8 Å². The Balaban J connectivity index is 1.88. The van der Waals surface area contributed by atoms with E-state index in [-0.39, 0.29) is 29.2 Å². The van der Waals surface area contributed by atoms with Crippen molar-refractivity contribution in [2.45, 2.75) is 64.6 Å². The number of carbonyl (C=O) groups is 2. The van der Waals surface area contributed by atoms with E-state index in [4.69, 9.17) is 16.3 Å². The Labute approximate surface area is 225 Å². The summed E-state index contributed by atoms with van der Waals surface area (Å²) >= 11 is 6.23. The van der Waals surface area contributed by atoms with Crippen molar-refractivity contribution >= 4 is 39.1 Å². The molecular formula is C27H36ClN3O5S. The van der Waals surface area contributed by atoms with Crippen LogP contribution in [0, 0.1) is 6.92 Å². The SMILES string of the molecule is COc1ccc(N(CC(=O)N(Cc2ccc(C)cc2)[C@@H](C)C(=O)NC2CCCCC2)S(C)(=O)=O)cc1Cl. The number of halogens is 1. The first kappa shape index (κ1) is 28.8.